The molecule has 0 spiro atoms. The molecule has 0 saturated heterocycles. The van der Waals surface area contributed by atoms with Crippen molar-refractivity contribution in [2.24, 2.45) is 0 Å². The number of nitrogens with zero attached hydrogens (tertiary/aromatic N) is 1. The Bertz CT molecular complexity index is 1240. The first-order chi connectivity index (χ1) is 12.8. The standard InChI is InChI=1S/C25H21N/c1-17(2)24-20-13-7-6-10-18(20)16-22-21-14-8-9-15-23(21)26(25(22)24)19-11-4-3-5-12-19/h3-17H,1-2H3. The van der Waals surface area contributed by atoms with Gasteiger partial charge in [0.2, 0.25) is 0 Å². The van der Waals surface area contributed by atoms with Crippen LogP contribution in [-0.4, -0.2) is 4.57 Å². The molecule has 0 aliphatic heterocycles. The maximum atomic E-state index is 2.44. The Hall–Kier alpha value is -3.06. The summed E-state index contributed by atoms with van der Waals surface area (Å²) < 4.78 is 2.44. The molecule has 1 nitrogen and oxygen atoms in total. The molecular weight excluding hydrogens is 314 g/mol. The highest BCUT2D eigenvalue weighted by Gasteiger charge is 2.19. The van der Waals surface area contributed by atoms with Crippen molar-refractivity contribution in [3.05, 3.63) is 90.5 Å². The van der Waals surface area contributed by atoms with Crippen LogP contribution in [0.25, 0.3) is 38.3 Å². The minimum Gasteiger partial charge on any atom is -0.309 e. The fourth-order valence-electron chi connectivity index (χ4n) is 4.26. The van der Waals surface area contributed by atoms with Gasteiger partial charge >= 0.3 is 0 Å². The van der Waals surface area contributed by atoms with E-state index in [2.05, 4.69) is 103 Å². The Balaban J connectivity index is 2.10. The summed E-state index contributed by atoms with van der Waals surface area (Å²) >= 11 is 0. The molecule has 0 unspecified atom stereocenters. The zero-order chi connectivity index (χ0) is 17.7. The van der Waals surface area contributed by atoms with E-state index in [0.717, 1.165) is 0 Å². The second kappa shape index (κ2) is 5.74. The Morgan fingerprint density at radius 2 is 1.31 bits per heavy atom. The first kappa shape index (κ1) is 15.2. The van der Waals surface area contributed by atoms with E-state index >= 15 is 0 Å². The number of para-hydroxylation sites is 2. The normalized spacial score (nSPS) is 11.8. The van der Waals surface area contributed by atoms with Gasteiger partial charge in [-0.05, 0) is 46.5 Å². The lowest BCUT2D eigenvalue weighted by molar-refractivity contribution is 0.879. The maximum Gasteiger partial charge on any atom is 0.0582 e. The fourth-order valence-corrected chi connectivity index (χ4v) is 4.26. The number of benzene rings is 4. The minimum atomic E-state index is 0.440. The van der Waals surface area contributed by atoms with Gasteiger partial charge in [0.05, 0.1) is 11.0 Å². The number of aromatic nitrogens is 1. The van der Waals surface area contributed by atoms with Crippen LogP contribution in [0.4, 0.5) is 0 Å². The Kier molecular flexibility index (Phi) is 3.36. The first-order valence-corrected chi connectivity index (χ1v) is 9.26. The van der Waals surface area contributed by atoms with Gasteiger partial charge in [0.15, 0.2) is 0 Å². The van der Waals surface area contributed by atoms with Crippen molar-refractivity contribution < 1.29 is 0 Å². The predicted molar refractivity (Wildman–Crippen MR) is 112 cm³/mol. The van der Waals surface area contributed by atoms with Gasteiger partial charge < -0.3 is 4.57 Å². The second-order valence-corrected chi connectivity index (χ2v) is 7.25. The molecule has 4 aromatic carbocycles. The van der Waals surface area contributed by atoms with Crippen LogP contribution >= 0.6 is 0 Å². The molecule has 5 rings (SSSR count). The van der Waals surface area contributed by atoms with Gasteiger partial charge in [-0.1, -0.05) is 74.5 Å². The third-order valence-corrected chi connectivity index (χ3v) is 5.31. The molecule has 1 aromatic heterocycles. The highest BCUT2D eigenvalue weighted by molar-refractivity contribution is 6.15. The summed E-state index contributed by atoms with van der Waals surface area (Å²) in [6.07, 6.45) is 0. The van der Waals surface area contributed by atoms with Crippen LogP contribution in [0, 0.1) is 0 Å². The van der Waals surface area contributed by atoms with Gasteiger partial charge in [0.25, 0.3) is 0 Å². The first-order valence-electron chi connectivity index (χ1n) is 9.26. The summed E-state index contributed by atoms with van der Waals surface area (Å²) in [6.45, 7) is 4.60. The molecule has 0 amide bonds. The molecule has 1 heteroatoms. The fraction of sp³-hybridized carbons (Fsp3) is 0.120. The van der Waals surface area contributed by atoms with Gasteiger partial charge in [-0.2, -0.15) is 0 Å². The predicted octanol–water partition coefficient (Wildman–Crippen LogP) is 7.06. The average Bonchev–Trinajstić information content (AvgIpc) is 3.00. The van der Waals surface area contributed by atoms with Gasteiger partial charge in [0.1, 0.15) is 0 Å². The topological polar surface area (TPSA) is 4.93 Å². The van der Waals surface area contributed by atoms with E-state index in [0.29, 0.717) is 5.92 Å². The van der Waals surface area contributed by atoms with E-state index in [4.69, 9.17) is 0 Å². The minimum absolute atomic E-state index is 0.440. The molecule has 26 heavy (non-hydrogen) atoms. The summed E-state index contributed by atoms with van der Waals surface area (Å²) in [7, 11) is 0. The molecule has 0 radical (unpaired) electrons. The van der Waals surface area contributed by atoms with Crippen molar-refractivity contribution >= 4 is 32.6 Å². The van der Waals surface area contributed by atoms with Crippen LogP contribution in [0.5, 0.6) is 0 Å². The molecule has 0 N–H and O–H groups in total. The lowest BCUT2D eigenvalue weighted by Crippen LogP contribution is -1.99. The van der Waals surface area contributed by atoms with Crippen LogP contribution in [-0.2, 0) is 0 Å². The van der Waals surface area contributed by atoms with Gasteiger partial charge in [-0.3, -0.25) is 0 Å². The molecule has 5 aromatic rings. The molecule has 0 fully saturated rings. The van der Waals surface area contributed by atoms with Gasteiger partial charge in [0, 0.05) is 16.5 Å². The van der Waals surface area contributed by atoms with Crippen LogP contribution in [0.15, 0.2) is 84.9 Å². The number of hydrogen-bond donors (Lipinski definition) is 0. The van der Waals surface area contributed by atoms with Crippen molar-refractivity contribution in [3.63, 3.8) is 0 Å². The molecule has 0 saturated carbocycles. The Labute approximate surface area is 153 Å². The van der Waals surface area contributed by atoms with Crippen LogP contribution < -0.4 is 0 Å². The molecule has 0 bridgehead atoms. The van der Waals surface area contributed by atoms with Crippen molar-refractivity contribution in [3.8, 4) is 5.69 Å². The van der Waals surface area contributed by atoms with Crippen molar-refractivity contribution in [1.29, 1.82) is 0 Å². The molecular formula is C25H21N. The summed E-state index contributed by atoms with van der Waals surface area (Å²) in [6, 6.07) is 30.6. The third kappa shape index (κ3) is 2.10. The maximum absolute atomic E-state index is 2.44. The third-order valence-electron chi connectivity index (χ3n) is 5.31. The van der Waals surface area contributed by atoms with Crippen molar-refractivity contribution in [2.75, 3.05) is 0 Å². The van der Waals surface area contributed by atoms with Crippen molar-refractivity contribution in [2.45, 2.75) is 19.8 Å². The summed E-state index contributed by atoms with van der Waals surface area (Å²) in [4.78, 5) is 0. The van der Waals surface area contributed by atoms with Gasteiger partial charge in [-0.25, -0.2) is 0 Å². The highest BCUT2D eigenvalue weighted by atomic mass is 15.0. The van der Waals surface area contributed by atoms with Crippen LogP contribution in [0.2, 0.25) is 0 Å². The average molecular weight is 335 g/mol. The number of rotatable bonds is 2. The lowest BCUT2D eigenvalue weighted by Gasteiger charge is -2.16. The van der Waals surface area contributed by atoms with Crippen molar-refractivity contribution in [1.82, 2.24) is 4.57 Å². The van der Waals surface area contributed by atoms with E-state index in [1.807, 2.05) is 0 Å². The quantitative estimate of drug-likeness (QED) is 0.325. The molecule has 0 atom stereocenters. The molecule has 1 heterocycles. The highest BCUT2D eigenvalue weighted by Crippen LogP contribution is 2.40. The summed E-state index contributed by atoms with van der Waals surface area (Å²) in [5.74, 6) is 0.440. The number of hydrogen-bond acceptors (Lipinski definition) is 0. The van der Waals surface area contributed by atoms with Gasteiger partial charge in [-0.15, -0.1) is 0 Å². The second-order valence-electron chi connectivity index (χ2n) is 7.25. The van der Waals surface area contributed by atoms with Crippen LogP contribution in [0.3, 0.4) is 0 Å². The Morgan fingerprint density at radius 1 is 0.654 bits per heavy atom. The summed E-state index contributed by atoms with van der Waals surface area (Å²) in [5.41, 5.74) is 5.26. The molecule has 126 valence electrons. The van der Waals surface area contributed by atoms with E-state index in [1.54, 1.807) is 0 Å². The Morgan fingerprint density at radius 3 is 2.08 bits per heavy atom. The molecule has 0 aliphatic rings. The van der Waals surface area contributed by atoms with E-state index in [-0.39, 0.29) is 0 Å². The largest absolute Gasteiger partial charge is 0.309 e. The van der Waals surface area contributed by atoms with Crippen LogP contribution in [0.1, 0.15) is 25.3 Å². The molecule has 0 aliphatic carbocycles. The monoisotopic (exact) mass is 335 g/mol. The van der Waals surface area contributed by atoms with E-state index in [9.17, 15) is 0 Å². The zero-order valence-corrected chi connectivity index (χ0v) is 15.1. The van der Waals surface area contributed by atoms with E-state index < -0.39 is 0 Å². The summed E-state index contributed by atoms with van der Waals surface area (Å²) in [5, 5.41) is 5.33. The SMILES string of the molecule is CC(C)c1c2ccccc2cc2c3ccccc3n(-c3ccccc3)c12. The number of fused-ring (bicyclic) bond motifs is 4. The zero-order valence-electron chi connectivity index (χ0n) is 15.1. The van der Waals surface area contributed by atoms with E-state index in [1.165, 1.54) is 43.8 Å². The smallest absolute Gasteiger partial charge is 0.0582 e. The lowest BCUT2D eigenvalue weighted by atomic mass is 9.93.